The number of hydrogen-bond acceptors (Lipinski definition) is 4. The van der Waals surface area contributed by atoms with Gasteiger partial charge in [-0.1, -0.05) is 38.1 Å². The van der Waals surface area contributed by atoms with Crippen molar-refractivity contribution < 1.29 is 14.4 Å². The Kier molecular flexibility index (Phi) is 7.81. The quantitative estimate of drug-likeness (QED) is 0.473. The Balaban J connectivity index is 1.54. The van der Waals surface area contributed by atoms with Crippen molar-refractivity contribution in [2.75, 3.05) is 34.4 Å². The zero-order valence-corrected chi connectivity index (χ0v) is 19.0. The summed E-state index contributed by atoms with van der Waals surface area (Å²) in [4.78, 5) is 38.5. The van der Waals surface area contributed by atoms with E-state index in [1.807, 2.05) is 44.2 Å². The van der Waals surface area contributed by atoms with Gasteiger partial charge in [-0.05, 0) is 54.6 Å². The highest BCUT2D eigenvalue weighted by atomic mass is 16.2. The van der Waals surface area contributed by atoms with E-state index in [0.29, 0.717) is 22.6 Å². The van der Waals surface area contributed by atoms with E-state index >= 15 is 0 Å². The summed E-state index contributed by atoms with van der Waals surface area (Å²) in [5.41, 5.74) is 3.29. The van der Waals surface area contributed by atoms with Gasteiger partial charge in [0.25, 0.3) is 5.91 Å². The molecule has 7 nitrogen and oxygen atoms in total. The Bertz CT molecular complexity index is 1110. The van der Waals surface area contributed by atoms with Crippen LogP contribution in [0.2, 0.25) is 0 Å². The Morgan fingerprint density at radius 1 is 0.788 bits per heavy atom. The van der Waals surface area contributed by atoms with Crippen LogP contribution in [-0.2, 0) is 9.59 Å². The summed E-state index contributed by atoms with van der Waals surface area (Å²) in [5, 5.41) is 8.66. The lowest BCUT2D eigenvalue weighted by Crippen LogP contribution is -2.26. The second-order valence-electron chi connectivity index (χ2n) is 7.90. The molecular formula is C26H28N4O3. The Morgan fingerprint density at radius 2 is 1.42 bits per heavy atom. The molecule has 3 amide bonds. The molecule has 3 rings (SSSR count). The number of nitrogens with one attached hydrogen (secondary N) is 3. The van der Waals surface area contributed by atoms with Crippen LogP contribution in [0.5, 0.6) is 0 Å². The average Bonchev–Trinajstić information content (AvgIpc) is 2.83. The van der Waals surface area contributed by atoms with Gasteiger partial charge in [-0.2, -0.15) is 0 Å². The molecule has 3 aromatic rings. The molecule has 170 valence electrons. The fourth-order valence-electron chi connectivity index (χ4n) is 3.04. The van der Waals surface area contributed by atoms with Gasteiger partial charge in [-0.15, -0.1) is 0 Å². The molecule has 0 spiro atoms. The average molecular weight is 445 g/mol. The minimum absolute atomic E-state index is 0.0397. The maximum Gasteiger partial charge on any atom is 0.258 e. The molecule has 0 aliphatic rings. The van der Waals surface area contributed by atoms with E-state index in [2.05, 4.69) is 16.0 Å². The summed E-state index contributed by atoms with van der Waals surface area (Å²) in [5.74, 6) is -0.541. The predicted octanol–water partition coefficient (Wildman–Crippen LogP) is 4.61. The van der Waals surface area contributed by atoms with Crippen molar-refractivity contribution in [1.82, 2.24) is 0 Å². The molecule has 33 heavy (non-hydrogen) atoms. The summed E-state index contributed by atoms with van der Waals surface area (Å²) in [6.07, 6.45) is 0. The van der Waals surface area contributed by atoms with Gasteiger partial charge in [-0.25, -0.2) is 0 Å². The molecule has 0 radical (unpaired) electrons. The zero-order chi connectivity index (χ0) is 23.8. The van der Waals surface area contributed by atoms with E-state index in [1.54, 1.807) is 60.5 Å². The maximum absolute atomic E-state index is 12.8. The van der Waals surface area contributed by atoms with Crippen LogP contribution in [0.15, 0.2) is 78.9 Å². The monoisotopic (exact) mass is 444 g/mol. The molecule has 0 unspecified atom stereocenters. The molecule has 0 aliphatic heterocycles. The second-order valence-corrected chi connectivity index (χ2v) is 7.90. The molecule has 0 aliphatic carbocycles. The van der Waals surface area contributed by atoms with Crippen molar-refractivity contribution in [3.63, 3.8) is 0 Å². The lowest BCUT2D eigenvalue weighted by atomic mass is 10.1. The first kappa shape index (κ1) is 23.5. The first-order valence-corrected chi connectivity index (χ1v) is 10.7. The second kappa shape index (κ2) is 10.9. The SMILES string of the molecule is CC(C)C(=O)Nc1ccc(NC(=O)CNc2cccc(C(=O)N(C)c3ccccc3)c2)cc1. The van der Waals surface area contributed by atoms with E-state index in [1.165, 1.54) is 0 Å². The number of carbonyl (C=O) groups is 3. The highest BCUT2D eigenvalue weighted by Crippen LogP contribution is 2.18. The Hall–Kier alpha value is -4.13. The third kappa shape index (κ3) is 6.67. The molecule has 0 saturated heterocycles. The van der Waals surface area contributed by atoms with Gasteiger partial charge < -0.3 is 20.9 Å². The summed E-state index contributed by atoms with van der Waals surface area (Å²) in [6.45, 7) is 3.69. The highest BCUT2D eigenvalue weighted by Gasteiger charge is 2.14. The minimum atomic E-state index is -0.230. The molecule has 0 fully saturated rings. The van der Waals surface area contributed by atoms with E-state index in [-0.39, 0.29) is 30.2 Å². The summed E-state index contributed by atoms with van der Waals surface area (Å²) >= 11 is 0. The maximum atomic E-state index is 12.8. The number of hydrogen-bond donors (Lipinski definition) is 3. The third-order valence-corrected chi connectivity index (χ3v) is 4.97. The molecular weight excluding hydrogens is 416 g/mol. The predicted molar refractivity (Wildman–Crippen MR) is 133 cm³/mol. The van der Waals surface area contributed by atoms with Gasteiger partial charge in [0, 0.05) is 41.3 Å². The van der Waals surface area contributed by atoms with Gasteiger partial charge in [0.05, 0.1) is 6.54 Å². The fourth-order valence-corrected chi connectivity index (χ4v) is 3.04. The van der Waals surface area contributed by atoms with Crippen LogP contribution in [0.1, 0.15) is 24.2 Å². The van der Waals surface area contributed by atoms with Gasteiger partial charge in [0.2, 0.25) is 11.8 Å². The zero-order valence-electron chi connectivity index (χ0n) is 19.0. The number of rotatable bonds is 8. The Labute approximate surface area is 193 Å². The first-order chi connectivity index (χ1) is 15.8. The van der Waals surface area contributed by atoms with Gasteiger partial charge in [-0.3, -0.25) is 14.4 Å². The molecule has 3 N–H and O–H groups in total. The van der Waals surface area contributed by atoms with Crippen LogP contribution in [0.3, 0.4) is 0 Å². The lowest BCUT2D eigenvalue weighted by Gasteiger charge is -2.18. The number of para-hydroxylation sites is 1. The highest BCUT2D eigenvalue weighted by molar-refractivity contribution is 6.06. The smallest absolute Gasteiger partial charge is 0.258 e. The van der Waals surface area contributed by atoms with Crippen molar-refractivity contribution in [3.8, 4) is 0 Å². The van der Waals surface area contributed by atoms with E-state index in [0.717, 1.165) is 5.69 Å². The summed E-state index contributed by atoms with van der Waals surface area (Å²) in [7, 11) is 1.73. The van der Waals surface area contributed by atoms with E-state index in [9.17, 15) is 14.4 Å². The molecule has 0 bridgehead atoms. The van der Waals surface area contributed by atoms with Crippen LogP contribution < -0.4 is 20.9 Å². The fraction of sp³-hybridized carbons (Fsp3) is 0.192. The molecule has 7 heteroatoms. The van der Waals surface area contributed by atoms with Gasteiger partial charge in [0.1, 0.15) is 0 Å². The van der Waals surface area contributed by atoms with Crippen molar-refractivity contribution in [2.24, 2.45) is 5.92 Å². The van der Waals surface area contributed by atoms with Gasteiger partial charge >= 0.3 is 0 Å². The van der Waals surface area contributed by atoms with Crippen LogP contribution in [0.4, 0.5) is 22.7 Å². The van der Waals surface area contributed by atoms with Crippen LogP contribution >= 0.6 is 0 Å². The summed E-state index contributed by atoms with van der Waals surface area (Å²) in [6, 6.07) is 23.4. The van der Waals surface area contributed by atoms with Crippen molar-refractivity contribution in [3.05, 3.63) is 84.4 Å². The third-order valence-electron chi connectivity index (χ3n) is 4.97. The number of nitrogens with zero attached hydrogens (tertiary/aromatic N) is 1. The Morgan fingerprint density at radius 3 is 2.06 bits per heavy atom. The molecule has 0 atom stereocenters. The standard InChI is InChI=1S/C26H28N4O3/c1-18(2)25(32)29-21-14-12-20(13-15-21)28-24(31)17-27-22-9-7-8-19(16-22)26(33)30(3)23-10-5-4-6-11-23/h4-16,18,27H,17H2,1-3H3,(H,28,31)(H,29,32). The molecule has 0 heterocycles. The van der Waals surface area contributed by atoms with Crippen LogP contribution in [0.25, 0.3) is 0 Å². The van der Waals surface area contributed by atoms with Gasteiger partial charge in [0.15, 0.2) is 0 Å². The molecule has 0 saturated carbocycles. The summed E-state index contributed by atoms with van der Waals surface area (Å²) < 4.78 is 0. The normalized spacial score (nSPS) is 10.4. The lowest BCUT2D eigenvalue weighted by molar-refractivity contribution is -0.119. The number of benzene rings is 3. The molecule has 3 aromatic carbocycles. The largest absolute Gasteiger partial charge is 0.376 e. The van der Waals surface area contributed by atoms with Crippen LogP contribution in [-0.4, -0.2) is 31.3 Å². The molecule has 0 aromatic heterocycles. The van der Waals surface area contributed by atoms with Crippen molar-refractivity contribution >= 4 is 40.5 Å². The topological polar surface area (TPSA) is 90.5 Å². The van der Waals surface area contributed by atoms with Crippen LogP contribution in [0, 0.1) is 5.92 Å². The van der Waals surface area contributed by atoms with E-state index in [4.69, 9.17) is 0 Å². The van der Waals surface area contributed by atoms with E-state index < -0.39 is 0 Å². The first-order valence-electron chi connectivity index (χ1n) is 10.7. The number of anilines is 4. The number of carbonyl (C=O) groups excluding carboxylic acids is 3. The number of amides is 3. The minimum Gasteiger partial charge on any atom is -0.376 e. The van der Waals surface area contributed by atoms with Crippen molar-refractivity contribution in [1.29, 1.82) is 0 Å². The van der Waals surface area contributed by atoms with Crippen molar-refractivity contribution in [2.45, 2.75) is 13.8 Å².